The smallest absolute Gasteiger partial charge is 0.330 e. The fourth-order valence-corrected chi connectivity index (χ4v) is 2.28. The molecule has 7 heteroatoms. The van der Waals surface area contributed by atoms with Crippen LogP contribution in [0.25, 0.3) is 0 Å². The third kappa shape index (κ3) is 2.21. The summed E-state index contributed by atoms with van der Waals surface area (Å²) in [5.74, 6) is 2.35. The van der Waals surface area contributed by atoms with E-state index in [0.717, 1.165) is 10.6 Å². The first kappa shape index (κ1) is 13.5. The van der Waals surface area contributed by atoms with Gasteiger partial charge in [-0.05, 0) is 0 Å². The Hall–Kier alpha value is -1.88. The van der Waals surface area contributed by atoms with Gasteiger partial charge in [-0.25, -0.2) is 4.79 Å². The van der Waals surface area contributed by atoms with E-state index in [0.29, 0.717) is 0 Å². The summed E-state index contributed by atoms with van der Waals surface area (Å²) in [6.45, 7) is -0.290. The summed E-state index contributed by atoms with van der Waals surface area (Å²) < 4.78 is 6.62. The molecule has 1 aliphatic heterocycles. The molecule has 1 aliphatic rings. The molecular formula is C12H14N2O5. The maximum Gasteiger partial charge on any atom is 0.330 e. The Bertz CT molecular complexity index is 614. The van der Waals surface area contributed by atoms with Crippen molar-refractivity contribution in [2.45, 2.75) is 30.8 Å². The Balaban J connectivity index is 2.54. The first-order valence-electron chi connectivity index (χ1n) is 5.76. The Morgan fingerprint density at radius 3 is 2.89 bits per heavy atom. The monoisotopic (exact) mass is 266 g/mol. The number of rotatable bonds is 3. The minimum atomic E-state index is -1.45. The highest BCUT2D eigenvalue weighted by atomic mass is 16.6. The van der Waals surface area contributed by atoms with Crippen LogP contribution < -0.4 is 11.2 Å². The number of nitrogens with zero attached hydrogens (tertiary/aromatic N) is 1. The van der Waals surface area contributed by atoms with Crippen LogP contribution in [0.1, 0.15) is 12.8 Å². The Labute approximate surface area is 108 Å². The van der Waals surface area contributed by atoms with Crippen LogP contribution in [0.15, 0.2) is 21.9 Å². The van der Waals surface area contributed by atoms with Gasteiger partial charge in [0.2, 0.25) is 0 Å². The van der Waals surface area contributed by atoms with Gasteiger partial charge in [0.05, 0.1) is 19.1 Å². The van der Waals surface area contributed by atoms with Gasteiger partial charge < -0.3 is 14.9 Å². The van der Waals surface area contributed by atoms with Crippen molar-refractivity contribution in [2.24, 2.45) is 0 Å². The van der Waals surface area contributed by atoms with Crippen molar-refractivity contribution in [3.05, 3.63) is 33.1 Å². The van der Waals surface area contributed by atoms with E-state index in [9.17, 15) is 14.7 Å². The van der Waals surface area contributed by atoms with E-state index >= 15 is 0 Å². The highest BCUT2D eigenvalue weighted by Gasteiger charge is 2.49. The zero-order chi connectivity index (χ0) is 14.0. The first-order chi connectivity index (χ1) is 9.03. The molecule has 0 aliphatic carbocycles. The molecule has 1 aromatic rings. The molecule has 1 aromatic heterocycles. The first-order valence-corrected chi connectivity index (χ1v) is 5.76. The topological polar surface area (TPSA) is 105 Å². The molecule has 2 rings (SSSR count). The van der Waals surface area contributed by atoms with Crippen LogP contribution in [0, 0.1) is 12.3 Å². The number of hydrogen-bond donors (Lipinski definition) is 3. The molecule has 3 atom stereocenters. The second-order valence-electron chi connectivity index (χ2n) is 4.38. The van der Waals surface area contributed by atoms with Gasteiger partial charge in [-0.2, -0.15) is 0 Å². The van der Waals surface area contributed by atoms with Gasteiger partial charge in [0.15, 0.2) is 5.72 Å². The van der Waals surface area contributed by atoms with Gasteiger partial charge in [0, 0.05) is 18.7 Å². The van der Waals surface area contributed by atoms with Crippen molar-refractivity contribution in [2.75, 3.05) is 6.61 Å². The van der Waals surface area contributed by atoms with E-state index < -0.39 is 29.2 Å². The predicted octanol–water partition coefficient (Wildman–Crippen LogP) is -1.65. The van der Waals surface area contributed by atoms with Gasteiger partial charge in [-0.15, -0.1) is 12.3 Å². The van der Waals surface area contributed by atoms with Crippen LogP contribution in [-0.2, 0) is 10.5 Å². The maximum atomic E-state index is 11.8. The number of nitrogens with one attached hydrogen (secondary N) is 1. The van der Waals surface area contributed by atoms with Crippen molar-refractivity contribution in [1.29, 1.82) is 0 Å². The van der Waals surface area contributed by atoms with Gasteiger partial charge >= 0.3 is 5.69 Å². The number of ether oxygens (including phenoxy) is 1. The number of H-pyrrole nitrogens is 1. The summed E-state index contributed by atoms with van der Waals surface area (Å²) in [4.78, 5) is 25.0. The van der Waals surface area contributed by atoms with E-state index in [1.165, 1.54) is 6.20 Å². The van der Waals surface area contributed by atoms with Crippen LogP contribution >= 0.6 is 0 Å². The fraction of sp³-hybridized carbons (Fsp3) is 0.500. The van der Waals surface area contributed by atoms with E-state index in [1.54, 1.807) is 0 Å². The van der Waals surface area contributed by atoms with Crippen molar-refractivity contribution >= 4 is 0 Å². The lowest BCUT2D eigenvalue weighted by Crippen LogP contribution is -2.49. The van der Waals surface area contributed by atoms with E-state index in [4.69, 9.17) is 16.3 Å². The third-order valence-corrected chi connectivity index (χ3v) is 3.17. The predicted molar refractivity (Wildman–Crippen MR) is 65.3 cm³/mol. The Kier molecular flexibility index (Phi) is 3.57. The van der Waals surface area contributed by atoms with Crippen molar-refractivity contribution in [3.63, 3.8) is 0 Å². The second kappa shape index (κ2) is 5.01. The largest absolute Gasteiger partial charge is 0.394 e. The fourth-order valence-electron chi connectivity index (χ4n) is 2.28. The number of aliphatic hydroxyl groups excluding tert-OH is 2. The molecule has 0 amide bonds. The average Bonchev–Trinajstić information content (AvgIpc) is 2.67. The highest BCUT2D eigenvalue weighted by molar-refractivity contribution is 5.04. The molecule has 0 aromatic carbocycles. The van der Waals surface area contributed by atoms with Gasteiger partial charge in [0.25, 0.3) is 5.56 Å². The number of terminal acetylenes is 1. The molecule has 1 saturated heterocycles. The molecule has 0 saturated carbocycles. The van der Waals surface area contributed by atoms with Crippen LogP contribution in [0.4, 0.5) is 0 Å². The van der Waals surface area contributed by atoms with Crippen LogP contribution in [0.5, 0.6) is 0 Å². The average molecular weight is 266 g/mol. The quantitative estimate of drug-likeness (QED) is 0.569. The van der Waals surface area contributed by atoms with Crippen LogP contribution in [-0.4, -0.2) is 38.6 Å². The summed E-state index contributed by atoms with van der Waals surface area (Å²) >= 11 is 0. The summed E-state index contributed by atoms with van der Waals surface area (Å²) in [7, 11) is 0. The standard InChI is InChI=1S/C12H14N2O5/c1-2-4-12(9(16)6-8(7-15)19-12)14-5-3-10(17)13-11(14)18/h1,3,5,8-9,15-16H,4,6-7H2,(H,13,17,18)/t8-,9+,12+/m0/s1. The Morgan fingerprint density at radius 2 is 2.37 bits per heavy atom. The van der Waals surface area contributed by atoms with Crippen molar-refractivity contribution in [1.82, 2.24) is 9.55 Å². The lowest BCUT2D eigenvalue weighted by atomic mass is 10.0. The molecule has 102 valence electrons. The Morgan fingerprint density at radius 1 is 1.63 bits per heavy atom. The SMILES string of the molecule is C#CC[C@@]1(n2ccc(=O)[nH]c2=O)O[C@H](CO)C[C@H]1O. The van der Waals surface area contributed by atoms with Gasteiger partial charge in [-0.3, -0.25) is 14.3 Å². The number of hydrogen-bond acceptors (Lipinski definition) is 5. The minimum Gasteiger partial charge on any atom is -0.394 e. The highest BCUT2D eigenvalue weighted by Crippen LogP contribution is 2.36. The molecule has 0 bridgehead atoms. The van der Waals surface area contributed by atoms with Crippen molar-refractivity contribution in [3.8, 4) is 12.3 Å². The van der Waals surface area contributed by atoms with Crippen LogP contribution in [0.2, 0.25) is 0 Å². The van der Waals surface area contributed by atoms with Crippen LogP contribution in [0.3, 0.4) is 0 Å². The summed E-state index contributed by atoms with van der Waals surface area (Å²) in [6.07, 6.45) is 4.93. The second-order valence-corrected chi connectivity index (χ2v) is 4.38. The zero-order valence-electron chi connectivity index (χ0n) is 10.1. The van der Waals surface area contributed by atoms with E-state index in [2.05, 4.69) is 10.9 Å². The molecule has 0 spiro atoms. The molecule has 3 N–H and O–H groups in total. The van der Waals surface area contributed by atoms with Gasteiger partial charge in [-0.1, -0.05) is 0 Å². The summed E-state index contributed by atoms with van der Waals surface area (Å²) in [6, 6.07) is 1.14. The normalized spacial score (nSPS) is 30.2. The van der Waals surface area contributed by atoms with E-state index in [1.807, 2.05) is 0 Å². The molecule has 0 unspecified atom stereocenters. The maximum absolute atomic E-state index is 11.8. The third-order valence-electron chi connectivity index (χ3n) is 3.17. The number of aliphatic hydroxyl groups is 2. The lowest BCUT2D eigenvalue weighted by Gasteiger charge is -2.32. The lowest BCUT2D eigenvalue weighted by molar-refractivity contribution is -0.146. The molecule has 7 nitrogen and oxygen atoms in total. The molecular weight excluding hydrogens is 252 g/mol. The molecule has 19 heavy (non-hydrogen) atoms. The van der Waals surface area contributed by atoms with Crippen molar-refractivity contribution < 1.29 is 14.9 Å². The minimum absolute atomic E-state index is 0.0589. The van der Waals surface area contributed by atoms with E-state index in [-0.39, 0.29) is 19.4 Å². The summed E-state index contributed by atoms with van der Waals surface area (Å²) in [5.41, 5.74) is -2.73. The number of aromatic amines is 1. The molecule has 0 radical (unpaired) electrons. The number of aromatic nitrogens is 2. The van der Waals surface area contributed by atoms with Gasteiger partial charge in [0.1, 0.15) is 6.10 Å². The summed E-state index contributed by atoms with van der Waals surface area (Å²) in [5, 5.41) is 19.2. The molecule has 2 heterocycles. The zero-order valence-corrected chi connectivity index (χ0v) is 10.1. The molecule has 1 fully saturated rings.